The molecule has 1 fully saturated rings. The van der Waals surface area contributed by atoms with E-state index in [0.29, 0.717) is 6.54 Å². The van der Waals surface area contributed by atoms with Gasteiger partial charge in [-0.2, -0.15) is 0 Å². The zero-order valence-corrected chi connectivity index (χ0v) is 12.7. The maximum absolute atomic E-state index is 12.4. The van der Waals surface area contributed by atoms with Crippen molar-refractivity contribution in [2.75, 3.05) is 13.1 Å². The molecule has 0 radical (unpaired) electrons. The minimum Gasteiger partial charge on any atom is -0.342 e. The molecular weight excluding hydrogens is 252 g/mol. The fraction of sp³-hybridized carbons (Fsp3) is 0.750. The van der Waals surface area contributed by atoms with Gasteiger partial charge in [0.15, 0.2) is 0 Å². The second kappa shape index (κ2) is 6.91. The lowest BCUT2D eigenvalue weighted by atomic mass is 9.94. The summed E-state index contributed by atoms with van der Waals surface area (Å²) in [6, 6.07) is -0.332. The molecule has 0 aromatic heterocycles. The van der Waals surface area contributed by atoms with E-state index in [1.54, 1.807) is 4.90 Å². The maximum Gasteiger partial charge on any atom is 0.245 e. The number of allylic oxidation sites excluding steroid dienone is 1. The molecule has 112 valence electrons. The Morgan fingerprint density at radius 2 is 2.20 bits per heavy atom. The number of hydrogen-bond acceptors (Lipinski definition) is 2. The molecule has 4 nitrogen and oxygen atoms in total. The van der Waals surface area contributed by atoms with E-state index < -0.39 is 0 Å². The molecule has 0 saturated carbocycles. The predicted octanol–water partition coefficient (Wildman–Crippen LogP) is 2.25. The van der Waals surface area contributed by atoms with E-state index in [1.807, 2.05) is 6.92 Å². The van der Waals surface area contributed by atoms with E-state index in [0.717, 1.165) is 19.3 Å². The second-order valence-electron chi connectivity index (χ2n) is 6.05. The number of rotatable bonds is 5. The number of nitrogens with one attached hydrogen (secondary N) is 1. The van der Waals surface area contributed by atoms with Gasteiger partial charge in [0.05, 0.1) is 6.54 Å². The average molecular weight is 278 g/mol. The first-order valence-corrected chi connectivity index (χ1v) is 7.88. The molecule has 2 rings (SSSR count). The maximum atomic E-state index is 12.4. The van der Waals surface area contributed by atoms with Crippen molar-refractivity contribution in [2.45, 2.75) is 58.4 Å². The SMILES string of the molecule is CCC(C)C1NC(=O)CN(CCC2=CCCCC2)C1=O. The summed E-state index contributed by atoms with van der Waals surface area (Å²) in [6.07, 6.45) is 8.99. The summed E-state index contributed by atoms with van der Waals surface area (Å²) in [7, 11) is 0. The normalized spacial score (nSPS) is 25.2. The van der Waals surface area contributed by atoms with Crippen LogP contribution in [0.5, 0.6) is 0 Å². The number of nitrogens with zero attached hydrogens (tertiary/aromatic N) is 1. The van der Waals surface area contributed by atoms with Gasteiger partial charge in [0.1, 0.15) is 6.04 Å². The molecule has 1 aliphatic carbocycles. The van der Waals surface area contributed by atoms with Crippen LogP contribution in [0.25, 0.3) is 0 Å². The minimum absolute atomic E-state index is 0.0208. The molecule has 2 atom stereocenters. The summed E-state index contributed by atoms with van der Waals surface area (Å²) < 4.78 is 0. The summed E-state index contributed by atoms with van der Waals surface area (Å²) in [4.78, 5) is 26.0. The lowest BCUT2D eigenvalue weighted by molar-refractivity contribution is -0.145. The smallest absolute Gasteiger partial charge is 0.245 e. The standard InChI is InChI=1S/C16H26N2O2/c1-3-12(2)15-16(20)18(11-14(19)17-15)10-9-13-7-5-4-6-8-13/h7,12,15H,3-6,8-11H2,1-2H3,(H,17,19). The van der Waals surface area contributed by atoms with E-state index in [-0.39, 0.29) is 30.3 Å². The fourth-order valence-electron chi connectivity index (χ4n) is 2.95. The Bertz CT molecular complexity index is 403. The third-order valence-corrected chi connectivity index (χ3v) is 4.53. The predicted molar refractivity (Wildman–Crippen MR) is 79.1 cm³/mol. The van der Waals surface area contributed by atoms with Crippen molar-refractivity contribution in [3.8, 4) is 0 Å². The topological polar surface area (TPSA) is 49.4 Å². The van der Waals surface area contributed by atoms with Crippen molar-refractivity contribution in [3.63, 3.8) is 0 Å². The molecule has 2 aliphatic rings. The number of hydrogen-bond donors (Lipinski definition) is 1. The van der Waals surface area contributed by atoms with Crippen LogP contribution in [-0.4, -0.2) is 35.8 Å². The van der Waals surface area contributed by atoms with Gasteiger partial charge in [-0.15, -0.1) is 0 Å². The number of amides is 2. The van der Waals surface area contributed by atoms with Crippen LogP contribution in [0.4, 0.5) is 0 Å². The molecular formula is C16H26N2O2. The van der Waals surface area contributed by atoms with Gasteiger partial charge in [0.25, 0.3) is 0 Å². The fourth-order valence-corrected chi connectivity index (χ4v) is 2.95. The Hall–Kier alpha value is -1.32. The first kappa shape index (κ1) is 15.1. The van der Waals surface area contributed by atoms with Crippen LogP contribution in [0.1, 0.15) is 52.4 Å². The number of carbonyl (C=O) groups is 2. The molecule has 0 aromatic rings. The van der Waals surface area contributed by atoms with Crippen molar-refractivity contribution < 1.29 is 9.59 Å². The zero-order valence-electron chi connectivity index (χ0n) is 12.7. The largest absolute Gasteiger partial charge is 0.342 e. The van der Waals surface area contributed by atoms with Crippen molar-refractivity contribution in [1.29, 1.82) is 0 Å². The summed E-state index contributed by atoms with van der Waals surface area (Å²) in [6.45, 7) is 4.98. The first-order valence-electron chi connectivity index (χ1n) is 7.88. The molecule has 2 amide bonds. The Labute approximate surface area is 121 Å². The van der Waals surface area contributed by atoms with Crippen LogP contribution in [0, 0.1) is 5.92 Å². The van der Waals surface area contributed by atoms with Gasteiger partial charge in [0.2, 0.25) is 11.8 Å². The van der Waals surface area contributed by atoms with Crippen molar-refractivity contribution in [3.05, 3.63) is 11.6 Å². The Kier molecular flexibility index (Phi) is 5.21. The van der Waals surface area contributed by atoms with Crippen LogP contribution in [0.15, 0.2) is 11.6 Å². The highest BCUT2D eigenvalue weighted by Gasteiger charge is 2.35. The van der Waals surface area contributed by atoms with Gasteiger partial charge in [-0.1, -0.05) is 31.9 Å². The van der Waals surface area contributed by atoms with E-state index >= 15 is 0 Å². The zero-order chi connectivity index (χ0) is 14.5. The van der Waals surface area contributed by atoms with Gasteiger partial charge in [-0.25, -0.2) is 0 Å². The molecule has 0 aromatic carbocycles. The molecule has 0 spiro atoms. The third kappa shape index (κ3) is 3.62. The first-order chi connectivity index (χ1) is 9.61. The molecule has 4 heteroatoms. The van der Waals surface area contributed by atoms with Crippen LogP contribution in [0.3, 0.4) is 0 Å². The van der Waals surface area contributed by atoms with E-state index in [1.165, 1.54) is 24.8 Å². The molecule has 1 N–H and O–H groups in total. The Morgan fingerprint density at radius 1 is 1.40 bits per heavy atom. The van der Waals surface area contributed by atoms with Gasteiger partial charge < -0.3 is 10.2 Å². The molecule has 20 heavy (non-hydrogen) atoms. The Balaban J connectivity index is 1.93. The van der Waals surface area contributed by atoms with E-state index in [4.69, 9.17) is 0 Å². The van der Waals surface area contributed by atoms with E-state index in [2.05, 4.69) is 18.3 Å². The van der Waals surface area contributed by atoms with Crippen LogP contribution in [-0.2, 0) is 9.59 Å². The molecule has 1 saturated heterocycles. The molecule has 2 unspecified atom stereocenters. The summed E-state index contributed by atoms with van der Waals surface area (Å²) in [5.41, 5.74) is 1.45. The quantitative estimate of drug-likeness (QED) is 0.784. The number of carbonyl (C=O) groups excluding carboxylic acids is 2. The molecule has 0 bridgehead atoms. The highest BCUT2D eigenvalue weighted by atomic mass is 16.2. The van der Waals surface area contributed by atoms with Crippen molar-refractivity contribution in [2.24, 2.45) is 5.92 Å². The highest BCUT2D eigenvalue weighted by molar-refractivity contribution is 5.95. The van der Waals surface area contributed by atoms with Crippen molar-refractivity contribution in [1.82, 2.24) is 10.2 Å². The van der Waals surface area contributed by atoms with Gasteiger partial charge >= 0.3 is 0 Å². The number of piperazine rings is 1. The highest BCUT2D eigenvalue weighted by Crippen LogP contribution is 2.21. The molecule has 1 aliphatic heterocycles. The molecule has 1 heterocycles. The average Bonchev–Trinajstić information content (AvgIpc) is 2.48. The van der Waals surface area contributed by atoms with Gasteiger partial charge in [-0.3, -0.25) is 9.59 Å². The van der Waals surface area contributed by atoms with Crippen LogP contribution < -0.4 is 5.32 Å². The van der Waals surface area contributed by atoms with Crippen molar-refractivity contribution >= 4 is 11.8 Å². The van der Waals surface area contributed by atoms with Gasteiger partial charge in [-0.05, 0) is 38.0 Å². The minimum atomic E-state index is -0.332. The van der Waals surface area contributed by atoms with Crippen LogP contribution >= 0.6 is 0 Å². The summed E-state index contributed by atoms with van der Waals surface area (Å²) in [5.74, 6) is 0.269. The van der Waals surface area contributed by atoms with E-state index in [9.17, 15) is 9.59 Å². The second-order valence-corrected chi connectivity index (χ2v) is 6.05. The third-order valence-electron chi connectivity index (χ3n) is 4.53. The Morgan fingerprint density at radius 3 is 2.85 bits per heavy atom. The summed E-state index contributed by atoms with van der Waals surface area (Å²) >= 11 is 0. The van der Waals surface area contributed by atoms with Gasteiger partial charge in [0, 0.05) is 6.54 Å². The lowest BCUT2D eigenvalue weighted by Crippen LogP contribution is -2.60. The lowest BCUT2D eigenvalue weighted by Gasteiger charge is -2.35. The summed E-state index contributed by atoms with van der Waals surface area (Å²) in [5, 5.41) is 2.84. The monoisotopic (exact) mass is 278 g/mol. The van der Waals surface area contributed by atoms with Crippen LogP contribution in [0.2, 0.25) is 0 Å².